The summed E-state index contributed by atoms with van der Waals surface area (Å²) in [6, 6.07) is 12.5. The highest BCUT2D eigenvalue weighted by atomic mass is 19.1. The Labute approximate surface area is 169 Å². The van der Waals surface area contributed by atoms with E-state index in [1.54, 1.807) is 18.9 Å². The molecule has 7 heteroatoms. The van der Waals surface area contributed by atoms with Crippen molar-refractivity contribution in [1.82, 2.24) is 10.2 Å². The number of likely N-dealkylation sites (N-methyl/N-ethyl adjacent to an activating group) is 1. The molecule has 5 nitrogen and oxygen atoms in total. The summed E-state index contributed by atoms with van der Waals surface area (Å²) < 4.78 is 32.4. The van der Waals surface area contributed by atoms with Crippen LogP contribution >= 0.6 is 0 Å². The Morgan fingerprint density at radius 1 is 1.07 bits per heavy atom. The zero-order valence-corrected chi connectivity index (χ0v) is 16.7. The second kappa shape index (κ2) is 11.3. The van der Waals surface area contributed by atoms with E-state index in [1.165, 1.54) is 18.2 Å². The van der Waals surface area contributed by atoms with Gasteiger partial charge in [0.25, 0.3) is 0 Å². The highest BCUT2D eigenvalue weighted by Crippen LogP contribution is 2.12. The zero-order valence-electron chi connectivity index (χ0n) is 16.7. The van der Waals surface area contributed by atoms with Gasteiger partial charge in [-0.25, -0.2) is 8.78 Å². The average molecular weight is 404 g/mol. The first-order valence-electron chi connectivity index (χ1n) is 9.52. The molecule has 1 N–H and O–H groups in total. The molecule has 0 aromatic heterocycles. The summed E-state index contributed by atoms with van der Waals surface area (Å²) in [5.74, 6) is -2.02. The number of halogens is 2. The lowest BCUT2D eigenvalue weighted by atomic mass is 10.0. The average Bonchev–Trinajstić information content (AvgIpc) is 2.69. The molecule has 2 aromatic carbocycles. The molecule has 2 aromatic rings. The van der Waals surface area contributed by atoms with Crippen LogP contribution in [0.1, 0.15) is 18.1 Å². The first kappa shape index (κ1) is 22.5. The maximum absolute atomic E-state index is 13.6. The fourth-order valence-corrected chi connectivity index (χ4v) is 2.99. The van der Waals surface area contributed by atoms with Crippen LogP contribution < -0.4 is 5.32 Å². The Hall–Kier alpha value is -2.80. The van der Waals surface area contributed by atoms with Crippen molar-refractivity contribution < 1.29 is 23.1 Å². The first-order chi connectivity index (χ1) is 13.9. The van der Waals surface area contributed by atoms with Crippen LogP contribution in [0.15, 0.2) is 48.5 Å². The van der Waals surface area contributed by atoms with Gasteiger partial charge in [0.1, 0.15) is 17.7 Å². The van der Waals surface area contributed by atoms with Crippen LogP contribution in [0.25, 0.3) is 0 Å². The van der Waals surface area contributed by atoms with Gasteiger partial charge in [-0.15, -0.1) is 0 Å². The Morgan fingerprint density at radius 2 is 1.72 bits per heavy atom. The number of carbonyl (C=O) groups excluding carboxylic acids is 2. The number of amides is 1. The molecule has 0 saturated heterocycles. The number of rotatable bonds is 10. The third-order valence-electron chi connectivity index (χ3n) is 4.51. The lowest BCUT2D eigenvalue weighted by molar-refractivity contribution is -0.149. The Balaban J connectivity index is 1.92. The van der Waals surface area contributed by atoms with Crippen molar-refractivity contribution in [3.05, 3.63) is 71.3 Å². The number of hydrogen-bond donors (Lipinski definition) is 1. The van der Waals surface area contributed by atoms with Crippen molar-refractivity contribution >= 4 is 11.9 Å². The predicted octanol–water partition coefficient (Wildman–Crippen LogP) is 2.73. The minimum Gasteiger partial charge on any atom is -0.465 e. The summed E-state index contributed by atoms with van der Waals surface area (Å²) in [6.07, 6.45) is 0.448. The van der Waals surface area contributed by atoms with Gasteiger partial charge >= 0.3 is 5.97 Å². The van der Waals surface area contributed by atoms with E-state index in [4.69, 9.17) is 4.74 Å². The molecule has 0 aliphatic rings. The molecule has 0 fully saturated rings. The number of esters is 1. The molecular formula is C22H26F2N2O3. The summed E-state index contributed by atoms with van der Waals surface area (Å²) in [5.41, 5.74) is 0.891. The van der Waals surface area contributed by atoms with Gasteiger partial charge in [0.05, 0.1) is 13.2 Å². The molecule has 0 spiro atoms. The predicted molar refractivity (Wildman–Crippen MR) is 106 cm³/mol. The van der Waals surface area contributed by atoms with Gasteiger partial charge in [-0.2, -0.15) is 0 Å². The summed E-state index contributed by atoms with van der Waals surface area (Å²) in [4.78, 5) is 26.2. The first-order valence-corrected chi connectivity index (χ1v) is 9.52. The molecule has 29 heavy (non-hydrogen) atoms. The molecule has 1 atom stereocenters. The van der Waals surface area contributed by atoms with Crippen LogP contribution in [0.2, 0.25) is 0 Å². The molecule has 0 heterocycles. The van der Waals surface area contributed by atoms with Gasteiger partial charge < -0.3 is 10.1 Å². The molecular weight excluding hydrogens is 378 g/mol. The molecule has 156 valence electrons. The van der Waals surface area contributed by atoms with E-state index in [0.717, 1.165) is 5.56 Å². The molecule has 0 saturated carbocycles. The topological polar surface area (TPSA) is 58.6 Å². The van der Waals surface area contributed by atoms with Gasteiger partial charge in [0.15, 0.2) is 0 Å². The van der Waals surface area contributed by atoms with Crippen LogP contribution in [-0.4, -0.2) is 49.6 Å². The molecule has 0 radical (unpaired) electrons. The summed E-state index contributed by atoms with van der Waals surface area (Å²) in [5, 5.41) is 2.64. The number of hydrogen-bond acceptors (Lipinski definition) is 4. The monoisotopic (exact) mass is 404 g/mol. The van der Waals surface area contributed by atoms with Crippen LogP contribution in [0.4, 0.5) is 8.78 Å². The molecule has 0 unspecified atom stereocenters. The van der Waals surface area contributed by atoms with Crippen LogP contribution in [-0.2, 0) is 27.2 Å². The summed E-state index contributed by atoms with van der Waals surface area (Å²) in [7, 11) is 1.67. The third kappa shape index (κ3) is 6.94. The van der Waals surface area contributed by atoms with Gasteiger partial charge in [-0.05, 0) is 44.5 Å². The fourth-order valence-electron chi connectivity index (χ4n) is 2.99. The van der Waals surface area contributed by atoms with E-state index in [1.807, 2.05) is 30.3 Å². The van der Waals surface area contributed by atoms with E-state index >= 15 is 0 Å². The number of nitrogens with zero attached hydrogens (tertiary/aromatic N) is 1. The fraction of sp³-hybridized carbons (Fsp3) is 0.364. The van der Waals surface area contributed by atoms with Crippen LogP contribution in [0.3, 0.4) is 0 Å². The largest absolute Gasteiger partial charge is 0.465 e. The smallest absolute Gasteiger partial charge is 0.323 e. The maximum Gasteiger partial charge on any atom is 0.323 e. The summed E-state index contributed by atoms with van der Waals surface area (Å²) in [6.45, 7) is 2.02. The van der Waals surface area contributed by atoms with E-state index in [9.17, 15) is 18.4 Å². The highest BCUT2D eigenvalue weighted by Gasteiger charge is 2.26. The minimum absolute atomic E-state index is 0.0410. The molecule has 1 amide bonds. The standard InChI is InChI=1S/C22H26F2N2O3/c1-3-29-22(28)20(14-16-8-5-4-6-9-16)26(2)15-21(27)25-13-12-17-18(23)10-7-11-19(17)24/h4-11,20H,3,12-15H2,1-2H3,(H,25,27)/t20-/m1/s1. The van der Waals surface area contributed by atoms with E-state index in [2.05, 4.69) is 5.32 Å². The van der Waals surface area contributed by atoms with Crippen LogP contribution in [0.5, 0.6) is 0 Å². The van der Waals surface area contributed by atoms with E-state index in [0.29, 0.717) is 6.42 Å². The second-order valence-electron chi connectivity index (χ2n) is 6.67. The van der Waals surface area contributed by atoms with Gasteiger partial charge in [0.2, 0.25) is 5.91 Å². The Bertz CT molecular complexity index is 795. The number of ether oxygens (including phenoxy) is 1. The lowest BCUT2D eigenvalue weighted by Gasteiger charge is -2.26. The molecule has 2 rings (SSSR count). The van der Waals surface area contributed by atoms with E-state index in [-0.39, 0.29) is 37.6 Å². The molecule has 0 aliphatic heterocycles. The van der Waals surface area contributed by atoms with Crippen molar-refractivity contribution in [3.63, 3.8) is 0 Å². The zero-order chi connectivity index (χ0) is 21.2. The second-order valence-corrected chi connectivity index (χ2v) is 6.67. The van der Waals surface area contributed by atoms with Crippen molar-refractivity contribution in [2.24, 2.45) is 0 Å². The number of carbonyl (C=O) groups is 2. The quantitative estimate of drug-likeness (QED) is 0.619. The van der Waals surface area contributed by atoms with E-state index < -0.39 is 23.6 Å². The summed E-state index contributed by atoms with van der Waals surface area (Å²) >= 11 is 0. The van der Waals surface area contributed by atoms with Crippen LogP contribution in [0, 0.1) is 11.6 Å². The lowest BCUT2D eigenvalue weighted by Crippen LogP contribution is -2.46. The van der Waals surface area contributed by atoms with Gasteiger partial charge in [0, 0.05) is 12.1 Å². The Kier molecular flexibility index (Phi) is 8.73. The van der Waals surface area contributed by atoms with Crippen molar-refractivity contribution in [3.8, 4) is 0 Å². The maximum atomic E-state index is 13.6. The van der Waals surface area contributed by atoms with Crippen molar-refractivity contribution in [2.45, 2.75) is 25.8 Å². The van der Waals surface area contributed by atoms with Gasteiger partial charge in [-0.3, -0.25) is 14.5 Å². The highest BCUT2D eigenvalue weighted by molar-refractivity contribution is 5.80. The SMILES string of the molecule is CCOC(=O)[C@@H](Cc1ccccc1)N(C)CC(=O)NCCc1c(F)cccc1F. The Morgan fingerprint density at radius 3 is 2.34 bits per heavy atom. The normalized spacial score (nSPS) is 11.9. The number of nitrogens with one attached hydrogen (secondary N) is 1. The third-order valence-corrected chi connectivity index (χ3v) is 4.51. The minimum atomic E-state index is -0.637. The molecule has 0 bridgehead atoms. The molecule has 0 aliphatic carbocycles. The van der Waals surface area contributed by atoms with Gasteiger partial charge in [-0.1, -0.05) is 36.4 Å². The van der Waals surface area contributed by atoms with Crippen molar-refractivity contribution in [2.75, 3.05) is 26.7 Å². The van der Waals surface area contributed by atoms with Crippen molar-refractivity contribution in [1.29, 1.82) is 0 Å². The number of benzene rings is 2.